The molecular weight excluding hydrogens is 1250 g/mol. The van der Waals surface area contributed by atoms with Crippen molar-refractivity contribution >= 4 is 76.8 Å². The molecule has 0 bridgehead atoms. The summed E-state index contributed by atoms with van der Waals surface area (Å²) in [6, 6.07) is 18.2. The Kier molecular flexibility index (Phi) is 31.6. The number of carboxylic acid groups (broad SMARTS) is 2. The van der Waals surface area contributed by atoms with Gasteiger partial charge in [0.15, 0.2) is 5.96 Å². The number of unbranched alkanes of at least 4 members (excludes halogenated alkanes) is 1. The number of rotatable bonds is 37. The molecule has 1 aliphatic heterocycles. The molecule has 1 fully saturated rings. The number of carboxylic acids is 2. The van der Waals surface area contributed by atoms with Crippen LogP contribution in [-0.4, -0.2) is 172 Å². The number of likely N-dealkylation sites (tertiary alicyclic amines) is 1. The highest BCUT2D eigenvalue weighted by molar-refractivity contribution is 6.02. The normalized spacial score (nSPS) is 15.3. The number of anilines is 1. The Balaban J connectivity index is 1.41. The molecular formula is C69H92N14O14. The lowest BCUT2D eigenvalue weighted by Crippen LogP contribution is -2.61. The van der Waals surface area contributed by atoms with E-state index in [1.54, 1.807) is 131 Å². The Morgan fingerprint density at radius 3 is 1.74 bits per heavy atom. The first-order chi connectivity index (χ1) is 46.3. The van der Waals surface area contributed by atoms with Crippen LogP contribution in [0.2, 0.25) is 0 Å². The van der Waals surface area contributed by atoms with Gasteiger partial charge in [0.25, 0.3) is 5.91 Å². The molecule has 9 amide bonds. The number of guanidine groups is 1. The lowest BCUT2D eigenvalue weighted by Gasteiger charge is -2.31. The quantitative estimate of drug-likeness (QED) is 0.0128. The van der Waals surface area contributed by atoms with E-state index in [-0.39, 0.29) is 87.6 Å². The maximum absolute atomic E-state index is 15.1. The minimum Gasteiger partial charge on any atom is -0.481 e. The zero-order chi connectivity index (χ0) is 71.1. The first-order valence-corrected chi connectivity index (χ1v) is 32.4. The maximum atomic E-state index is 15.1. The summed E-state index contributed by atoms with van der Waals surface area (Å²) in [6.07, 6.45) is 0.614. The molecule has 28 nitrogen and oxygen atoms in total. The van der Waals surface area contributed by atoms with Gasteiger partial charge in [-0.05, 0) is 105 Å². The van der Waals surface area contributed by atoms with Gasteiger partial charge in [-0.15, -0.1) is 0 Å². The van der Waals surface area contributed by atoms with E-state index in [9.17, 15) is 63.3 Å². The zero-order valence-corrected chi connectivity index (χ0v) is 55.1. The van der Waals surface area contributed by atoms with E-state index >= 15 is 4.79 Å². The second-order valence-electron chi connectivity index (χ2n) is 24.2. The third-order valence-electron chi connectivity index (χ3n) is 16.1. The third kappa shape index (κ3) is 25.1. The van der Waals surface area contributed by atoms with Crippen LogP contribution in [0.1, 0.15) is 125 Å². The van der Waals surface area contributed by atoms with Gasteiger partial charge in [-0.25, -0.2) is 4.79 Å². The summed E-state index contributed by atoms with van der Waals surface area (Å²) in [5, 5.41) is 50.3. The van der Waals surface area contributed by atoms with E-state index in [0.717, 1.165) is 0 Å². The zero-order valence-electron chi connectivity index (χ0n) is 55.1. The first kappa shape index (κ1) is 77.5. The third-order valence-corrected chi connectivity index (χ3v) is 16.1. The molecule has 4 aromatic rings. The van der Waals surface area contributed by atoms with Crippen molar-refractivity contribution in [3.63, 3.8) is 0 Å². The van der Waals surface area contributed by atoms with Gasteiger partial charge < -0.3 is 85.7 Å². The molecule has 0 saturated carbocycles. The highest BCUT2D eigenvalue weighted by Gasteiger charge is 2.41. The van der Waals surface area contributed by atoms with Crippen LogP contribution in [-0.2, 0) is 60.8 Å². The molecule has 4 aromatic carbocycles. The van der Waals surface area contributed by atoms with Crippen molar-refractivity contribution in [1.29, 1.82) is 0 Å². The monoisotopic (exact) mass is 1340 g/mol. The molecule has 0 spiro atoms. The average molecular weight is 1340 g/mol. The molecule has 0 aliphatic carbocycles. The molecule has 19 N–H and O–H groups in total. The Hall–Kier alpha value is -10.2. The number of nitrogens with two attached hydrogens (primary N) is 4. The smallest absolute Gasteiger partial charge is 0.326 e. The highest BCUT2D eigenvalue weighted by atomic mass is 16.4. The van der Waals surface area contributed by atoms with Crippen LogP contribution in [0, 0.1) is 23.7 Å². The summed E-state index contributed by atoms with van der Waals surface area (Å²) in [7, 11) is 0. The number of amides is 9. The van der Waals surface area contributed by atoms with Crippen LogP contribution >= 0.6 is 0 Å². The minimum atomic E-state index is -1.76. The number of hydrogen-bond acceptors (Lipinski definition) is 15. The number of carbonyl (C=O) groups excluding carboxylic acids is 9. The number of nitrogens with one attached hydrogen (secondary N) is 8. The largest absolute Gasteiger partial charge is 0.481 e. The summed E-state index contributed by atoms with van der Waals surface area (Å²) >= 11 is 0. The van der Waals surface area contributed by atoms with Gasteiger partial charge in [-0.1, -0.05) is 131 Å². The Morgan fingerprint density at radius 1 is 0.608 bits per heavy atom. The molecule has 0 aromatic heterocycles. The number of hydrogen-bond donors (Lipinski definition) is 15. The van der Waals surface area contributed by atoms with Gasteiger partial charge in [0.05, 0.1) is 24.3 Å². The van der Waals surface area contributed by atoms with Crippen LogP contribution in [0.25, 0.3) is 0 Å². The molecule has 1 saturated heterocycles. The molecule has 1 aliphatic rings. The number of aliphatic carboxylic acids is 2. The Labute approximate surface area is 564 Å². The lowest BCUT2D eigenvalue weighted by atomic mass is 9.95. The summed E-state index contributed by atoms with van der Waals surface area (Å²) in [5.41, 5.74) is 24.9. The van der Waals surface area contributed by atoms with Gasteiger partial charge in [-0.2, -0.15) is 0 Å². The predicted octanol–water partition coefficient (Wildman–Crippen LogP) is 0.662. The Bertz CT molecular complexity index is 3450. The SMILES string of the molecule is CC[C@H](C)[C@H](NC(=O)[C@H](Cc1ccccc1)NC(=O)[C@@H]1CCCN1C(=O)[C@H](CCCN=C(N)N)NC(=O)[C@H](Cc1ccccc1)NC(=O)c1ccccc1C#Cc1ccccc1NC(=O)[C@@H](N)CO)C(=O)N[C@@H](CC(C)C)C(=O)N[C@@H](CC(=O)O)C(=O)N[C@@H](CCCCN)C(=O)O. The standard InChI is InChI=1S/C69H92N14O14/c1-5-42(4)58(66(94)81-52(36-41(2)3)61(89)79-55(39-57(85)86)63(91)77-51(68(96)97)28-16-17-33-70)82-64(92)54(38-44-22-10-7-11-23-44)80-65(93)56-30-19-35-83(56)67(95)50(29-18-34-74-69(72)73)76-62(90)53(37-43-20-8-6-9-21-43)78-59(87)47-26-14-12-24-45(47)31-32-46-25-13-15-27-49(46)75-60(88)48(71)40-84/h6-15,20-27,41-42,48,50-56,58,84H,5,16-19,28-30,33-40,70-71H2,1-4H3,(H,75,88)(H,76,90)(H,77,91)(H,78,87)(H,79,89)(H,80,93)(H,81,94)(H,82,92)(H,85,86)(H,96,97)(H4,72,73,74)/t42-,48-,50-,51-,52-,53-,54-,55-,56-,58-/m0/s1. The summed E-state index contributed by atoms with van der Waals surface area (Å²) in [6.45, 7) is 6.75. The fraction of sp³-hybridized carbons (Fsp3) is 0.449. The summed E-state index contributed by atoms with van der Waals surface area (Å²) in [5.74, 6) is -5.12. The minimum absolute atomic E-state index is 0.0185. The Morgan fingerprint density at radius 2 is 1.14 bits per heavy atom. The van der Waals surface area contributed by atoms with Crippen LogP contribution in [0.3, 0.4) is 0 Å². The average Bonchev–Trinajstić information content (AvgIpc) is 1.80. The van der Waals surface area contributed by atoms with E-state index in [1.165, 1.54) is 11.0 Å². The molecule has 522 valence electrons. The van der Waals surface area contributed by atoms with E-state index in [4.69, 9.17) is 22.9 Å². The van der Waals surface area contributed by atoms with Crippen LogP contribution in [0.4, 0.5) is 5.69 Å². The molecule has 28 heteroatoms. The fourth-order valence-electron chi connectivity index (χ4n) is 10.7. The lowest BCUT2D eigenvalue weighted by molar-refractivity contribution is -0.144. The van der Waals surface area contributed by atoms with E-state index in [0.29, 0.717) is 48.1 Å². The van der Waals surface area contributed by atoms with Crippen molar-refractivity contribution < 1.29 is 68.1 Å². The molecule has 0 unspecified atom stereocenters. The maximum Gasteiger partial charge on any atom is 0.326 e. The van der Waals surface area contributed by atoms with Crippen LogP contribution < -0.4 is 65.5 Å². The van der Waals surface area contributed by atoms with Gasteiger partial charge in [0, 0.05) is 37.1 Å². The number of benzene rings is 4. The first-order valence-electron chi connectivity index (χ1n) is 32.4. The van der Waals surface area contributed by atoms with E-state index < -0.39 is 138 Å². The number of nitrogens with zero attached hydrogens (tertiary/aromatic N) is 2. The topological polar surface area (TPSA) is 464 Å². The van der Waals surface area contributed by atoms with E-state index in [2.05, 4.69) is 59.4 Å². The molecule has 10 atom stereocenters. The van der Waals surface area contributed by atoms with Crippen molar-refractivity contribution in [3.05, 3.63) is 137 Å². The number of aliphatic hydroxyl groups is 1. The van der Waals surface area contributed by atoms with Crippen molar-refractivity contribution in [2.75, 3.05) is 31.6 Å². The van der Waals surface area contributed by atoms with Gasteiger partial charge in [0.1, 0.15) is 54.4 Å². The predicted molar refractivity (Wildman–Crippen MR) is 362 cm³/mol. The van der Waals surface area contributed by atoms with Crippen molar-refractivity contribution in [2.45, 2.75) is 159 Å². The second kappa shape index (κ2) is 39.6. The number of para-hydroxylation sites is 1. The molecule has 1 heterocycles. The van der Waals surface area contributed by atoms with Crippen LogP contribution in [0.5, 0.6) is 0 Å². The number of aliphatic imine (C=N–C) groups is 1. The van der Waals surface area contributed by atoms with E-state index in [1.807, 2.05) is 0 Å². The van der Waals surface area contributed by atoms with Crippen molar-refractivity contribution in [2.24, 2.45) is 39.8 Å². The van der Waals surface area contributed by atoms with Gasteiger partial charge in [0.2, 0.25) is 47.3 Å². The van der Waals surface area contributed by atoms with Gasteiger partial charge in [-0.3, -0.25) is 52.9 Å². The molecule has 97 heavy (non-hydrogen) atoms. The molecule has 5 rings (SSSR count). The molecule has 0 radical (unpaired) electrons. The number of aliphatic hydroxyl groups excluding tert-OH is 1. The summed E-state index contributed by atoms with van der Waals surface area (Å²) < 4.78 is 0. The highest BCUT2D eigenvalue weighted by Crippen LogP contribution is 2.22. The summed E-state index contributed by atoms with van der Waals surface area (Å²) in [4.78, 5) is 158. The number of carbonyl (C=O) groups is 11. The second-order valence-corrected chi connectivity index (χ2v) is 24.2. The van der Waals surface area contributed by atoms with Gasteiger partial charge >= 0.3 is 11.9 Å². The van der Waals surface area contributed by atoms with Crippen molar-refractivity contribution in [3.8, 4) is 11.8 Å². The van der Waals surface area contributed by atoms with Crippen molar-refractivity contribution in [1.82, 2.24) is 42.1 Å². The van der Waals surface area contributed by atoms with Crippen LogP contribution in [0.15, 0.2) is 114 Å². The fourth-order valence-corrected chi connectivity index (χ4v) is 10.7.